The molecule has 1 amide bonds. The Balaban J connectivity index is 1.57. The highest BCUT2D eigenvalue weighted by Crippen LogP contribution is 2.44. The fourth-order valence-corrected chi connectivity index (χ4v) is 3.97. The maximum absolute atomic E-state index is 12.4. The van der Waals surface area contributed by atoms with Crippen molar-refractivity contribution in [2.75, 3.05) is 6.54 Å². The van der Waals surface area contributed by atoms with Gasteiger partial charge >= 0.3 is 5.97 Å². The van der Waals surface area contributed by atoms with Crippen LogP contribution in [0.25, 0.3) is 0 Å². The molecule has 0 radical (unpaired) electrons. The van der Waals surface area contributed by atoms with Gasteiger partial charge in [-0.05, 0) is 19.3 Å². The molecule has 1 aliphatic carbocycles. The Morgan fingerprint density at radius 3 is 2.59 bits per heavy atom. The predicted molar refractivity (Wildman–Crippen MR) is 82.6 cm³/mol. The third kappa shape index (κ3) is 3.02. The topological polar surface area (TPSA) is 74.7 Å². The van der Waals surface area contributed by atoms with E-state index in [2.05, 4.69) is 0 Å². The van der Waals surface area contributed by atoms with E-state index in [1.165, 1.54) is 16.7 Å². The van der Waals surface area contributed by atoms with Gasteiger partial charge in [0, 0.05) is 17.4 Å². The number of hydrogen-bond donors (Lipinski definition) is 1. The molecule has 0 bridgehead atoms. The number of likely N-dealkylation sites (tertiary alicyclic amines) is 1. The molecule has 2 unspecified atom stereocenters. The number of hydrogen-bond acceptors (Lipinski definition) is 4. The van der Waals surface area contributed by atoms with Gasteiger partial charge in [0.05, 0.1) is 5.92 Å². The third-order valence-electron chi connectivity index (χ3n) is 4.14. The van der Waals surface area contributed by atoms with E-state index in [9.17, 15) is 14.4 Å². The monoisotopic (exact) mass is 319 g/mol. The summed E-state index contributed by atoms with van der Waals surface area (Å²) >= 11 is 1.19. The van der Waals surface area contributed by atoms with E-state index < -0.39 is 12.0 Å². The van der Waals surface area contributed by atoms with Crippen molar-refractivity contribution in [1.82, 2.24) is 4.90 Å². The Morgan fingerprint density at radius 2 is 1.91 bits per heavy atom. The molecule has 1 saturated carbocycles. The number of carboxylic acids is 1. The molecule has 1 heterocycles. The Hall–Kier alpha value is -1.82. The summed E-state index contributed by atoms with van der Waals surface area (Å²) in [5.74, 6) is -1.25. The second kappa shape index (κ2) is 6.12. The van der Waals surface area contributed by atoms with Crippen LogP contribution >= 0.6 is 11.8 Å². The summed E-state index contributed by atoms with van der Waals surface area (Å²) in [6, 6.07) is 8.30. The van der Waals surface area contributed by atoms with Crippen molar-refractivity contribution < 1.29 is 19.5 Å². The molecule has 116 valence electrons. The molecule has 1 N–H and O–H groups in total. The minimum Gasteiger partial charge on any atom is -0.480 e. The zero-order valence-electron chi connectivity index (χ0n) is 12.0. The summed E-state index contributed by atoms with van der Waals surface area (Å²) in [6.07, 6.45) is 1.91. The number of rotatable bonds is 4. The zero-order chi connectivity index (χ0) is 15.7. The largest absolute Gasteiger partial charge is 0.480 e. The Bertz CT molecular complexity index is 603. The number of aliphatic carboxylic acids is 1. The van der Waals surface area contributed by atoms with Crippen molar-refractivity contribution in [3.05, 3.63) is 35.9 Å². The molecule has 2 aliphatic rings. The van der Waals surface area contributed by atoms with Crippen LogP contribution in [-0.4, -0.2) is 44.8 Å². The minimum absolute atomic E-state index is 0.0183. The first-order valence-corrected chi connectivity index (χ1v) is 8.25. The van der Waals surface area contributed by atoms with E-state index >= 15 is 0 Å². The Kier molecular flexibility index (Phi) is 4.20. The Morgan fingerprint density at radius 1 is 1.18 bits per heavy atom. The van der Waals surface area contributed by atoms with Gasteiger partial charge in [-0.2, -0.15) is 0 Å². The van der Waals surface area contributed by atoms with Crippen LogP contribution in [0.5, 0.6) is 0 Å². The molecular formula is C16H17NO4S. The van der Waals surface area contributed by atoms with Gasteiger partial charge in [-0.25, -0.2) is 4.79 Å². The van der Waals surface area contributed by atoms with Gasteiger partial charge in [0.1, 0.15) is 6.04 Å². The molecule has 3 atom stereocenters. The number of amides is 1. The molecule has 6 heteroatoms. The van der Waals surface area contributed by atoms with E-state index in [4.69, 9.17) is 5.11 Å². The highest BCUT2D eigenvalue weighted by molar-refractivity contribution is 8.14. The zero-order valence-corrected chi connectivity index (χ0v) is 12.8. The van der Waals surface area contributed by atoms with Crippen LogP contribution in [-0.2, 0) is 9.59 Å². The highest BCUT2D eigenvalue weighted by Gasteiger charge is 2.49. The van der Waals surface area contributed by atoms with Crippen LogP contribution in [0.2, 0.25) is 0 Å². The van der Waals surface area contributed by atoms with Gasteiger partial charge in [-0.15, -0.1) is 0 Å². The van der Waals surface area contributed by atoms with Crippen molar-refractivity contribution in [3.63, 3.8) is 0 Å². The van der Waals surface area contributed by atoms with Crippen molar-refractivity contribution in [1.29, 1.82) is 0 Å². The van der Waals surface area contributed by atoms with Crippen molar-refractivity contribution >= 4 is 28.8 Å². The molecule has 3 rings (SSSR count). The van der Waals surface area contributed by atoms with Gasteiger partial charge in [0.2, 0.25) is 11.0 Å². The molecule has 1 aromatic rings. The summed E-state index contributed by atoms with van der Waals surface area (Å²) in [5.41, 5.74) is 0.634. The fourth-order valence-electron chi connectivity index (χ4n) is 2.84. The summed E-state index contributed by atoms with van der Waals surface area (Å²) in [5, 5.41) is 9.09. The van der Waals surface area contributed by atoms with Gasteiger partial charge in [-0.3, -0.25) is 9.59 Å². The van der Waals surface area contributed by atoms with Crippen LogP contribution in [0.15, 0.2) is 30.3 Å². The summed E-state index contributed by atoms with van der Waals surface area (Å²) in [7, 11) is 0. The van der Waals surface area contributed by atoms with Crippen molar-refractivity contribution in [3.8, 4) is 0 Å². The summed E-state index contributed by atoms with van der Waals surface area (Å²) < 4.78 is 0. The quantitative estimate of drug-likeness (QED) is 0.919. The second-order valence-electron chi connectivity index (χ2n) is 5.68. The molecular weight excluding hydrogens is 302 g/mol. The first-order chi connectivity index (χ1) is 10.6. The Labute approximate surface area is 132 Å². The number of benzene rings is 1. The lowest BCUT2D eigenvalue weighted by atomic mass is 10.2. The summed E-state index contributed by atoms with van der Waals surface area (Å²) in [4.78, 5) is 37.1. The third-order valence-corrected chi connectivity index (χ3v) is 5.41. The lowest BCUT2D eigenvalue weighted by molar-refractivity contribution is -0.148. The maximum Gasteiger partial charge on any atom is 0.326 e. The number of carbonyl (C=O) groups excluding carboxylic acids is 2. The fraction of sp³-hybridized carbons (Fsp3) is 0.438. The van der Waals surface area contributed by atoms with Gasteiger partial charge in [0.15, 0.2) is 0 Å². The summed E-state index contributed by atoms with van der Waals surface area (Å²) in [6.45, 7) is 0.510. The average Bonchev–Trinajstić information content (AvgIpc) is 3.10. The SMILES string of the molecule is O=C(SC1CC1C(=O)N1CCC[C@H]1C(=O)O)c1ccccc1. The van der Waals surface area contributed by atoms with E-state index in [0.717, 1.165) is 6.42 Å². The van der Waals surface area contributed by atoms with Gasteiger partial charge in [-0.1, -0.05) is 42.1 Å². The van der Waals surface area contributed by atoms with Crippen LogP contribution < -0.4 is 0 Å². The molecule has 1 aromatic carbocycles. The minimum atomic E-state index is -0.934. The normalized spacial score (nSPS) is 26.7. The van der Waals surface area contributed by atoms with Crippen LogP contribution in [0.1, 0.15) is 29.6 Å². The smallest absolute Gasteiger partial charge is 0.326 e. The van der Waals surface area contributed by atoms with E-state index in [-0.39, 0.29) is 22.2 Å². The lowest BCUT2D eigenvalue weighted by Gasteiger charge is -2.21. The number of carbonyl (C=O) groups is 3. The van der Waals surface area contributed by atoms with Crippen molar-refractivity contribution in [2.24, 2.45) is 5.92 Å². The predicted octanol–water partition coefficient (Wildman–Crippen LogP) is 2.02. The number of carboxylic acid groups (broad SMARTS) is 1. The molecule has 5 nitrogen and oxygen atoms in total. The second-order valence-corrected chi connectivity index (χ2v) is 6.89. The van der Waals surface area contributed by atoms with Crippen LogP contribution in [0, 0.1) is 5.92 Å². The van der Waals surface area contributed by atoms with E-state index in [1.54, 1.807) is 12.1 Å². The highest BCUT2D eigenvalue weighted by atomic mass is 32.2. The first kappa shape index (κ1) is 15.1. The molecule has 22 heavy (non-hydrogen) atoms. The number of nitrogens with zero attached hydrogens (tertiary/aromatic N) is 1. The van der Waals surface area contributed by atoms with E-state index in [0.29, 0.717) is 24.9 Å². The molecule has 1 aliphatic heterocycles. The average molecular weight is 319 g/mol. The number of thioether (sulfide) groups is 1. The van der Waals surface area contributed by atoms with Crippen LogP contribution in [0.3, 0.4) is 0 Å². The maximum atomic E-state index is 12.4. The molecule has 0 aromatic heterocycles. The molecule has 1 saturated heterocycles. The first-order valence-electron chi connectivity index (χ1n) is 7.37. The molecule has 0 spiro atoms. The van der Waals surface area contributed by atoms with Crippen molar-refractivity contribution in [2.45, 2.75) is 30.6 Å². The molecule has 2 fully saturated rings. The van der Waals surface area contributed by atoms with Gasteiger partial charge in [0.25, 0.3) is 0 Å². The van der Waals surface area contributed by atoms with Crippen LogP contribution in [0.4, 0.5) is 0 Å². The van der Waals surface area contributed by atoms with Gasteiger partial charge < -0.3 is 10.0 Å². The lowest BCUT2D eigenvalue weighted by Crippen LogP contribution is -2.41. The standard InChI is InChI=1S/C16H17NO4S/c18-14(17-8-4-7-12(17)15(19)20)11-9-13(11)22-16(21)10-5-2-1-3-6-10/h1-3,5-6,11-13H,4,7-9H2,(H,19,20)/t11?,12-,13?/m0/s1. The van der Waals surface area contributed by atoms with E-state index in [1.807, 2.05) is 18.2 Å².